The monoisotopic (exact) mass is 310 g/mol. The molecule has 0 bridgehead atoms. The Balaban J connectivity index is 2.12. The highest BCUT2D eigenvalue weighted by atomic mass is 32.2. The Bertz CT molecular complexity index is 606. The Morgan fingerprint density at radius 2 is 2.38 bits per heavy atom. The van der Waals surface area contributed by atoms with Crippen molar-refractivity contribution in [1.82, 2.24) is 20.2 Å². The molecule has 0 fully saturated rings. The van der Waals surface area contributed by atoms with Gasteiger partial charge in [0.15, 0.2) is 0 Å². The number of nitrogens with one attached hydrogen (secondary N) is 1. The Kier molecular flexibility index (Phi) is 5.23. The Morgan fingerprint density at radius 3 is 3.05 bits per heavy atom. The van der Waals surface area contributed by atoms with E-state index in [1.165, 1.54) is 29.2 Å². The van der Waals surface area contributed by atoms with E-state index in [9.17, 15) is 9.18 Å². The molecule has 1 atom stereocenters. The van der Waals surface area contributed by atoms with Gasteiger partial charge in [-0.1, -0.05) is 0 Å². The summed E-state index contributed by atoms with van der Waals surface area (Å²) in [7, 11) is 0. The molecule has 3 N–H and O–H groups in total. The van der Waals surface area contributed by atoms with E-state index in [-0.39, 0.29) is 5.69 Å². The van der Waals surface area contributed by atoms with Crippen LogP contribution in [-0.2, 0) is 4.79 Å². The average molecular weight is 310 g/mol. The van der Waals surface area contributed by atoms with Gasteiger partial charge in [0.1, 0.15) is 12.1 Å². The fraction of sp³-hybridized carbons (Fsp3) is 0.333. The third-order valence-corrected chi connectivity index (χ3v) is 3.44. The maximum absolute atomic E-state index is 13.8. The number of rotatable bonds is 6. The van der Waals surface area contributed by atoms with Crippen LogP contribution in [0.3, 0.4) is 0 Å². The molecule has 0 aliphatic carbocycles. The zero-order valence-corrected chi connectivity index (χ0v) is 12.2. The van der Waals surface area contributed by atoms with Gasteiger partial charge in [-0.15, -0.1) is 5.10 Å². The molecule has 112 valence electrons. The normalized spacial score (nSPS) is 12.1. The van der Waals surface area contributed by atoms with Crippen molar-refractivity contribution < 1.29 is 9.18 Å². The van der Waals surface area contributed by atoms with Crippen molar-refractivity contribution in [2.45, 2.75) is 12.5 Å². The molecule has 0 saturated heterocycles. The van der Waals surface area contributed by atoms with E-state index < -0.39 is 17.8 Å². The number of nitrogens with zero attached hydrogens (tertiary/aromatic N) is 4. The second-order valence-corrected chi connectivity index (χ2v) is 5.28. The van der Waals surface area contributed by atoms with E-state index in [0.717, 1.165) is 5.75 Å². The van der Waals surface area contributed by atoms with Gasteiger partial charge in [-0.3, -0.25) is 4.79 Å². The number of tetrazole rings is 1. The highest BCUT2D eigenvalue weighted by molar-refractivity contribution is 7.98. The summed E-state index contributed by atoms with van der Waals surface area (Å²) in [5.74, 6) is -0.198. The molecule has 2 rings (SSSR count). The molecule has 1 aromatic heterocycles. The number of hydrogen-bond acceptors (Lipinski definition) is 6. The molecule has 0 radical (unpaired) electrons. The van der Waals surface area contributed by atoms with Gasteiger partial charge in [0, 0.05) is 0 Å². The fourth-order valence-electron chi connectivity index (χ4n) is 1.63. The Hall–Kier alpha value is -2.00. The minimum atomic E-state index is -0.673. The summed E-state index contributed by atoms with van der Waals surface area (Å²) in [6, 6.07) is 3.52. The minimum Gasteiger partial charge on any atom is -0.322 e. The second-order valence-electron chi connectivity index (χ2n) is 4.30. The fourth-order valence-corrected chi connectivity index (χ4v) is 2.12. The Labute approximate surface area is 125 Å². The van der Waals surface area contributed by atoms with Crippen LogP contribution in [-0.4, -0.2) is 44.2 Å². The van der Waals surface area contributed by atoms with Crippen LogP contribution in [0.5, 0.6) is 0 Å². The maximum atomic E-state index is 13.8. The molecule has 0 unspecified atom stereocenters. The lowest BCUT2D eigenvalue weighted by atomic mass is 10.2. The molecule has 1 amide bonds. The first kappa shape index (κ1) is 15.4. The zero-order valence-electron chi connectivity index (χ0n) is 11.4. The summed E-state index contributed by atoms with van der Waals surface area (Å²) in [6.07, 6.45) is 3.84. The number of benzene rings is 1. The van der Waals surface area contributed by atoms with E-state index in [2.05, 4.69) is 20.8 Å². The molecule has 9 heteroatoms. The topological polar surface area (TPSA) is 98.7 Å². The highest BCUT2D eigenvalue weighted by Crippen LogP contribution is 2.18. The van der Waals surface area contributed by atoms with Crippen LogP contribution in [0, 0.1) is 5.82 Å². The van der Waals surface area contributed by atoms with Gasteiger partial charge in [-0.2, -0.15) is 11.8 Å². The lowest BCUT2D eigenvalue weighted by Gasteiger charge is -2.13. The smallest absolute Gasteiger partial charge is 0.241 e. The van der Waals surface area contributed by atoms with Crippen LogP contribution in [0.2, 0.25) is 0 Å². The quantitative estimate of drug-likeness (QED) is 0.819. The van der Waals surface area contributed by atoms with Crippen LogP contribution in [0.4, 0.5) is 10.1 Å². The number of aromatic nitrogens is 4. The first-order chi connectivity index (χ1) is 10.1. The number of hydrogen-bond donors (Lipinski definition) is 2. The molecule has 2 aromatic rings. The molecule has 1 aromatic carbocycles. The van der Waals surface area contributed by atoms with Crippen molar-refractivity contribution in [3.63, 3.8) is 0 Å². The standard InChI is InChI=1S/C12H15FN6OS/c1-21-5-4-10(14)12(20)16-11-6-8(2-3-9(11)13)19-7-15-17-18-19/h2-3,6-7,10H,4-5,14H2,1H3,(H,16,20)/t10-/m1/s1. The highest BCUT2D eigenvalue weighted by Gasteiger charge is 2.15. The minimum absolute atomic E-state index is 0.0487. The van der Waals surface area contributed by atoms with Gasteiger partial charge in [-0.25, -0.2) is 9.07 Å². The average Bonchev–Trinajstić information content (AvgIpc) is 3.01. The van der Waals surface area contributed by atoms with Gasteiger partial charge in [0.05, 0.1) is 17.4 Å². The van der Waals surface area contributed by atoms with Gasteiger partial charge in [0.2, 0.25) is 5.91 Å². The number of carbonyl (C=O) groups is 1. The molecular weight excluding hydrogens is 295 g/mol. The van der Waals surface area contributed by atoms with E-state index in [0.29, 0.717) is 12.1 Å². The molecule has 0 saturated carbocycles. The lowest BCUT2D eigenvalue weighted by Crippen LogP contribution is -2.36. The van der Waals surface area contributed by atoms with Crippen molar-refractivity contribution in [2.75, 3.05) is 17.3 Å². The second kappa shape index (κ2) is 7.14. The Morgan fingerprint density at radius 1 is 1.57 bits per heavy atom. The van der Waals surface area contributed by atoms with Gasteiger partial charge >= 0.3 is 0 Å². The van der Waals surface area contributed by atoms with Gasteiger partial charge in [-0.05, 0) is 47.1 Å². The van der Waals surface area contributed by atoms with Crippen molar-refractivity contribution in [2.24, 2.45) is 5.73 Å². The summed E-state index contributed by atoms with van der Waals surface area (Å²) >= 11 is 1.60. The summed E-state index contributed by atoms with van der Waals surface area (Å²) in [4.78, 5) is 11.9. The van der Waals surface area contributed by atoms with E-state index in [1.54, 1.807) is 11.8 Å². The molecule has 0 aliphatic heterocycles. The first-order valence-corrected chi connectivity index (χ1v) is 7.59. The first-order valence-electron chi connectivity index (χ1n) is 6.20. The molecule has 0 spiro atoms. The van der Waals surface area contributed by atoms with E-state index in [1.807, 2.05) is 6.26 Å². The summed E-state index contributed by atoms with van der Waals surface area (Å²) in [5, 5.41) is 13.2. The van der Waals surface area contributed by atoms with Crippen LogP contribution in [0.1, 0.15) is 6.42 Å². The molecular formula is C12H15FN6OS. The number of amides is 1. The SMILES string of the molecule is CSCC[C@@H](N)C(=O)Nc1cc(-n2cnnn2)ccc1F. The largest absolute Gasteiger partial charge is 0.322 e. The predicted octanol–water partition coefficient (Wildman–Crippen LogP) is 0.820. The van der Waals surface area contributed by atoms with Crippen molar-refractivity contribution in [3.8, 4) is 5.69 Å². The number of nitrogens with two attached hydrogens (primary N) is 1. The maximum Gasteiger partial charge on any atom is 0.241 e. The summed E-state index contributed by atoms with van der Waals surface area (Å²) in [5.41, 5.74) is 6.33. The molecule has 21 heavy (non-hydrogen) atoms. The van der Waals surface area contributed by atoms with Crippen LogP contribution < -0.4 is 11.1 Å². The summed E-state index contributed by atoms with van der Waals surface area (Å²) in [6.45, 7) is 0. The van der Waals surface area contributed by atoms with E-state index >= 15 is 0 Å². The summed E-state index contributed by atoms with van der Waals surface area (Å²) < 4.78 is 15.1. The molecule has 1 heterocycles. The van der Waals surface area contributed by atoms with Crippen LogP contribution >= 0.6 is 11.8 Å². The zero-order chi connectivity index (χ0) is 15.2. The van der Waals surface area contributed by atoms with Crippen molar-refractivity contribution in [3.05, 3.63) is 30.3 Å². The van der Waals surface area contributed by atoms with Gasteiger partial charge in [0.25, 0.3) is 0 Å². The van der Waals surface area contributed by atoms with Crippen molar-refractivity contribution in [1.29, 1.82) is 0 Å². The number of halogens is 1. The number of anilines is 1. The van der Waals surface area contributed by atoms with Crippen LogP contribution in [0.25, 0.3) is 5.69 Å². The molecule has 0 aliphatic rings. The van der Waals surface area contributed by atoms with Crippen LogP contribution in [0.15, 0.2) is 24.5 Å². The number of thioether (sulfide) groups is 1. The number of carbonyl (C=O) groups excluding carboxylic acids is 1. The molecule has 7 nitrogen and oxygen atoms in total. The van der Waals surface area contributed by atoms with Crippen molar-refractivity contribution >= 4 is 23.4 Å². The third kappa shape index (κ3) is 3.99. The lowest BCUT2D eigenvalue weighted by molar-refractivity contribution is -0.117. The van der Waals surface area contributed by atoms with E-state index in [4.69, 9.17) is 5.73 Å². The third-order valence-electron chi connectivity index (χ3n) is 2.79. The predicted molar refractivity (Wildman–Crippen MR) is 78.7 cm³/mol. The van der Waals surface area contributed by atoms with Gasteiger partial charge < -0.3 is 11.1 Å².